The Balaban J connectivity index is 2.83. The molecule has 0 aliphatic heterocycles. The Morgan fingerprint density at radius 1 is 1.53 bits per heavy atom. The van der Waals surface area contributed by atoms with Gasteiger partial charge >= 0.3 is 0 Å². The Hall–Kier alpha value is -1.80. The van der Waals surface area contributed by atoms with Crippen molar-refractivity contribution in [2.75, 3.05) is 24.8 Å². The monoisotopic (exact) mass is 234 g/mol. The molecule has 0 aromatic carbocycles. The molecule has 0 radical (unpaired) electrons. The first kappa shape index (κ1) is 13.3. The molecule has 5 nitrogen and oxygen atoms in total. The summed E-state index contributed by atoms with van der Waals surface area (Å²) in [5.41, 5.74) is 6.25. The molecule has 0 amide bonds. The highest BCUT2D eigenvalue weighted by molar-refractivity contribution is 5.54. The van der Waals surface area contributed by atoms with Gasteiger partial charge in [0.2, 0.25) is 0 Å². The van der Waals surface area contributed by atoms with Crippen molar-refractivity contribution in [2.45, 2.75) is 19.9 Å². The summed E-state index contributed by atoms with van der Waals surface area (Å²) >= 11 is 0. The molecule has 0 fully saturated rings. The van der Waals surface area contributed by atoms with Gasteiger partial charge < -0.3 is 15.8 Å². The summed E-state index contributed by atoms with van der Waals surface area (Å²) in [7, 11) is 1.66. The largest absolute Gasteiger partial charge is 0.396 e. The van der Waals surface area contributed by atoms with Crippen LogP contribution in [0.4, 0.5) is 11.5 Å². The summed E-state index contributed by atoms with van der Waals surface area (Å²) in [6.07, 6.45) is 0. The normalized spacial score (nSPS) is 12.2. The number of nitrogens with one attached hydrogen (secondary N) is 1. The first-order valence-electron chi connectivity index (χ1n) is 5.50. The highest BCUT2D eigenvalue weighted by atomic mass is 16.5. The molecule has 17 heavy (non-hydrogen) atoms. The van der Waals surface area contributed by atoms with E-state index in [-0.39, 0.29) is 11.7 Å². The Labute approximate surface area is 102 Å². The van der Waals surface area contributed by atoms with Crippen molar-refractivity contribution in [3.05, 3.63) is 17.8 Å². The zero-order valence-corrected chi connectivity index (χ0v) is 10.4. The first-order chi connectivity index (χ1) is 8.08. The number of anilines is 2. The van der Waals surface area contributed by atoms with Gasteiger partial charge in [-0.05, 0) is 18.1 Å². The van der Waals surface area contributed by atoms with Gasteiger partial charge in [0.25, 0.3) is 0 Å². The Bertz CT molecular complexity index is 411. The summed E-state index contributed by atoms with van der Waals surface area (Å²) in [4.78, 5) is 4.14. The number of hydrogen-bond acceptors (Lipinski definition) is 5. The molecule has 0 spiro atoms. The maximum absolute atomic E-state index is 8.84. The molecular weight excluding hydrogens is 216 g/mol. The van der Waals surface area contributed by atoms with E-state index < -0.39 is 0 Å². The highest BCUT2D eigenvalue weighted by Gasteiger charge is 2.14. The highest BCUT2D eigenvalue weighted by Crippen LogP contribution is 2.15. The van der Waals surface area contributed by atoms with Crippen molar-refractivity contribution in [1.82, 2.24) is 4.98 Å². The number of hydrogen-bond donors (Lipinski definition) is 2. The van der Waals surface area contributed by atoms with Gasteiger partial charge in [0.15, 0.2) is 5.69 Å². The number of nitrogens with two attached hydrogens (primary N) is 1. The van der Waals surface area contributed by atoms with Crippen molar-refractivity contribution in [3.8, 4) is 6.07 Å². The number of rotatable bonds is 5. The minimum atomic E-state index is 0.155. The molecule has 92 valence electrons. The van der Waals surface area contributed by atoms with E-state index in [0.29, 0.717) is 24.0 Å². The number of aromatic nitrogens is 1. The van der Waals surface area contributed by atoms with E-state index >= 15 is 0 Å². The van der Waals surface area contributed by atoms with Gasteiger partial charge in [0.1, 0.15) is 11.9 Å². The van der Waals surface area contributed by atoms with Crippen molar-refractivity contribution in [2.24, 2.45) is 5.92 Å². The third-order valence-electron chi connectivity index (χ3n) is 2.52. The Morgan fingerprint density at radius 2 is 2.24 bits per heavy atom. The summed E-state index contributed by atoms with van der Waals surface area (Å²) in [5.74, 6) is 1.05. The van der Waals surface area contributed by atoms with Crippen LogP contribution in [0.1, 0.15) is 19.5 Å². The van der Waals surface area contributed by atoms with Crippen LogP contribution in [0.5, 0.6) is 0 Å². The van der Waals surface area contributed by atoms with Crippen molar-refractivity contribution in [1.29, 1.82) is 5.26 Å². The van der Waals surface area contributed by atoms with E-state index in [2.05, 4.69) is 24.1 Å². The predicted octanol–water partition coefficient (Wildman–Crippen LogP) is 1.62. The Morgan fingerprint density at radius 3 is 2.76 bits per heavy atom. The van der Waals surface area contributed by atoms with Crippen LogP contribution in [0, 0.1) is 17.2 Å². The molecular formula is C12H18N4O. The summed E-state index contributed by atoms with van der Waals surface area (Å²) in [6.45, 7) is 4.78. The molecule has 1 rings (SSSR count). The fraction of sp³-hybridized carbons (Fsp3) is 0.500. The van der Waals surface area contributed by atoms with E-state index in [0.717, 1.165) is 0 Å². The van der Waals surface area contributed by atoms with Crippen LogP contribution in [0.2, 0.25) is 0 Å². The predicted molar refractivity (Wildman–Crippen MR) is 67.5 cm³/mol. The van der Waals surface area contributed by atoms with E-state index in [1.54, 1.807) is 19.2 Å². The van der Waals surface area contributed by atoms with Crippen LogP contribution < -0.4 is 11.1 Å². The number of methoxy groups -OCH3 is 1. The second kappa shape index (κ2) is 6.06. The van der Waals surface area contributed by atoms with Crippen LogP contribution in [0.3, 0.4) is 0 Å². The zero-order valence-electron chi connectivity index (χ0n) is 10.4. The van der Waals surface area contributed by atoms with Crippen LogP contribution in [0.25, 0.3) is 0 Å². The molecule has 1 unspecified atom stereocenters. The average molecular weight is 234 g/mol. The van der Waals surface area contributed by atoms with E-state index in [4.69, 9.17) is 15.7 Å². The smallest absolute Gasteiger partial charge is 0.165 e. The fourth-order valence-electron chi connectivity index (χ4n) is 1.41. The summed E-state index contributed by atoms with van der Waals surface area (Å²) in [5, 5.41) is 12.1. The number of nitrogens with zero attached hydrogens (tertiary/aromatic N) is 2. The molecule has 0 bridgehead atoms. The average Bonchev–Trinajstić information content (AvgIpc) is 2.30. The van der Waals surface area contributed by atoms with Gasteiger partial charge in [-0.15, -0.1) is 0 Å². The van der Waals surface area contributed by atoms with Crippen molar-refractivity contribution >= 4 is 11.5 Å². The minimum absolute atomic E-state index is 0.155. The molecule has 0 aliphatic rings. The van der Waals surface area contributed by atoms with Gasteiger partial charge in [-0.1, -0.05) is 13.8 Å². The van der Waals surface area contributed by atoms with E-state index in [1.165, 1.54) is 0 Å². The third kappa shape index (κ3) is 3.61. The molecule has 0 saturated carbocycles. The second-order valence-electron chi connectivity index (χ2n) is 4.20. The quantitative estimate of drug-likeness (QED) is 0.808. The SMILES string of the molecule is COCC(Nc1ccc(N)c(C#N)n1)C(C)C. The van der Waals surface area contributed by atoms with Crippen LogP contribution in [-0.4, -0.2) is 24.7 Å². The number of pyridine rings is 1. The number of nitrogen functional groups attached to an aromatic ring is 1. The minimum Gasteiger partial charge on any atom is -0.396 e. The molecule has 5 heteroatoms. The van der Waals surface area contributed by atoms with E-state index in [1.807, 2.05) is 6.07 Å². The Kier molecular flexibility index (Phi) is 4.73. The zero-order chi connectivity index (χ0) is 12.8. The van der Waals surface area contributed by atoms with Gasteiger partial charge in [-0.3, -0.25) is 0 Å². The van der Waals surface area contributed by atoms with Crippen molar-refractivity contribution in [3.63, 3.8) is 0 Å². The fourth-order valence-corrected chi connectivity index (χ4v) is 1.41. The summed E-state index contributed by atoms with van der Waals surface area (Å²) < 4.78 is 5.14. The topological polar surface area (TPSA) is 84.0 Å². The lowest BCUT2D eigenvalue weighted by Crippen LogP contribution is -2.30. The second-order valence-corrected chi connectivity index (χ2v) is 4.20. The standard InChI is InChI=1S/C12H18N4O/c1-8(2)11(7-17-3)16-12-5-4-9(14)10(6-13)15-12/h4-5,8,11H,7,14H2,1-3H3,(H,15,16). The van der Waals surface area contributed by atoms with Gasteiger partial charge in [-0.25, -0.2) is 4.98 Å². The molecule has 1 aromatic rings. The van der Waals surface area contributed by atoms with Crippen LogP contribution >= 0.6 is 0 Å². The van der Waals surface area contributed by atoms with E-state index in [9.17, 15) is 0 Å². The lowest BCUT2D eigenvalue weighted by molar-refractivity contribution is 0.171. The molecule has 0 aliphatic carbocycles. The molecule has 1 aromatic heterocycles. The van der Waals surface area contributed by atoms with Crippen molar-refractivity contribution < 1.29 is 4.74 Å². The lowest BCUT2D eigenvalue weighted by atomic mass is 10.1. The summed E-state index contributed by atoms with van der Waals surface area (Å²) in [6, 6.07) is 5.56. The first-order valence-corrected chi connectivity index (χ1v) is 5.50. The lowest BCUT2D eigenvalue weighted by Gasteiger charge is -2.22. The maximum Gasteiger partial charge on any atom is 0.165 e. The maximum atomic E-state index is 8.84. The number of ether oxygens (including phenoxy) is 1. The third-order valence-corrected chi connectivity index (χ3v) is 2.52. The molecule has 0 saturated heterocycles. The van der Waals surface area contributed by atoms with Gasteiger partial charge in [0.05, 0.1) is 18.3 Å². The van der Waals surface area contributed by atoms with Gasteiger partial charge in [-0.2, -0.15) is 5.26 Å². The van der Waals surface area contributed by atoms with Crippen LogP contribution in [-0.2, 0) is 4.74 Å². The van der Waals surface area contributed by atoms with Gasteiger partial charge in [0, 0.05) is 7.11 Å². The molecule has 1 heterocycles. The molecule has 1 atom stereocenters. The number of nitriles is 1. The molecule has 3 N–H and O–H groups in total. The van der Waals surface area contributed by atoms with Crippen LogP contribution in [0.15, 0.2) is 12.1 Å².